The second kappa shape index (κ2) is 6.16. The molecule has 0 saturated heterocycles. The van der Waals surface area contributed by atoms with Gasteiger partial charge in [0.25, 0.3) is 0 Å². The zero-order valence-corrected chi connectivity index (χ0v) is 10.7. The van der Waals surface area contributed by atoms with Crippen LogP contribution >= 0.6 is 11.6 Å². The van der Waals surface area contributed by atoms with Gasteiger partial charge < -0.3 is 10.1 Å². The Morgan fingerprint density at radius 1 is 1.22 bits per heavy atom. The molecular weight excluding hydrogens is 258 g/mol. The minimum absolute atomic E-state index is 0.267. The fraction of sp³-hybridized carbons (Fsp3) is 0.250. The van der Waals surface area contributed by atoms with Gasteiger partial charge in [-0.25, -0.2) is 4.79 Å². The summed E-state index contributed by atoms with van der Waals surface area (Å²) >= 11 is 5.70. The minimum Gasteiger partial charge on any atom is -0.467 e. The van der Waals surface area contributed by atoms with E-state index in [4.69, 9.17) is 11.6 Å². The van der Waals surface area contributed by atoms with E-state index in [1.165, 1.54) is 31.2 Å². The predicted octanol–water partition coefficient (Wildman–Crippen LogP) is 1.20. The van der Waals surface area contributed by atoms with Crippen LogP contribution in [-0.2, 0) is 14.3 Å². The van der Waals surface area contributed by atoms with Crippen LogP contribution in [0.4, 0.5) is 0 Å². The summed E-state index contributed by atoms with van der Waals surface area (Å²) in [5, 5.41) is 2.72. The van der Waals surface area contributed by atoms with Crippen LogP contribution in [-0.4, -0.2) is 30.8 Å². The van der Waals surface area contributed by atoms with E-state index in [-0.39, 0.29) is 5.56 Å². The molecule has 1 aromatic carbocycles. The van der Waals surface area contributed by atoms with Crippen molar-refractivity contribution in [1.29, 1.82) is 0 Å². The summed E-state index contributed by atoms with van der Waals surface area (Å²) in [6.45, 7) is 1.21. The Morgan fingerprint density at radius 3 is 2.22 bits per heavy atom. The Balaban J connectivity index is 2.98. The zero-order chi connectivity index (χ0) is 13.7. The van der Waals surface area contributed by atoms with Crippen LogP contribution in [0.3, 0.4) is 0 Å². The number of Topliss-reactive ketones (excluding diaryl/α,β-unsaturated/α-hetero) is 1. The van der Waals surface area contributed by atoms with Crippen molar-refractivity contribution in [2.45, 2.75) is 13.0 Å². The lowest BCUT2D eigenvalue weighted by molar-refractivity contribution is -0.143. The molecule has 0 aliphatic rings. The molecule has 0 aliphatic carbocycles. The highest BCUT2D eigenvalue weighted by molar-refractivity contribution is 6.30. The highest BCUT2D eigenvalue weighted by Crippen LogP contribution is 2.11. The van der Waals surface area contributed by atoms with E-state index in [0.29, 0.717) is 5.02 Å². The molecule has 0 radical (unpaired) electrons. The van der Waals surface area contributed by atoms with Gasteiger partial charge in [-0.2, -0.15) is 0 Å². The first-order valence-corrected chi connectivity index (χ1v) is 5.48. The highest BCUT2D eigenvalue weighted by atomic mass is 35.5. The van der Waals surface area contributed by atoms with Gasteiger partial charge in [-0.05, 0) is 24.3 Å². The summed E-state index contributed by atoms with van der Waals surface area (Å²) in [4.78, 5) is 34.5. The fourth-order valence-corrected chi connectivity index (χ4v) is 1.46. The van der Waals surface area contributed by atoms with E-state index in [2.05, 4.69) is 10.1 Å². The third-order valence-electron chi connectivity index (χ3n) is 2.18. The molecule has 18 heavy (non-hydrogen) atoms. The summed E-state index contributed by atoms with van der Waals surface area (Å²) in [6, 6.07) is 4.66. The van der Waals surface area contributed by atoms with E-state index in [0.717, 1.165) is 7.11 Å². The third kappa shape index (κ3) is 3.56. The number of carbonyl (C=O) groups is 3. The fourth-order valence-electron chi connectivity index (χ4n) is 1.33. The Bertz CT molecular complexity index is 469. The Morgan fingerprint density at radius 2 is 1.78 bits per heavy atom. The molecule has 1 atom stereocenters. The smallest absolute Gasteiger partial charge is 0.336 e. The molecule has 0 fully saturated rings. The molecule has 6 heteroatoms. The minimum atomic E-state index is -1.34. The van der Waals surface area contributed by atoms with Gasteiger partial charge in [-0.3, -0.25) is 9.59 Å². The average Bonchev–Trinajstić information content (AvgIpc) is 2.35. The lowest BCUT2D eigenvalue weighted by Gasteiger charge is -2.14. The molecule has 96 valence electrons. The lowest BCUT2D eigenvalue weighted by atomic mass is 10.0. The van der Waals surface area contributed by atoms with Crippen molar-refractivity contribution in [1.82, 2.24) is 5.32 Å². The highest BCUT2D eigenvalue weighted by Gasteiger charge is 2.29. The van der Waals surface area contributed by atoms with Gasteiger partial charge in [-0.15, -0.1) is 0 Å². The predicted molar refractivity (Wildman–Crippen MR) is 65.4 cm³/mol. The van der Waals surface area contributed by atoms with Crippen LogP contribution < -0.4 is 5.32 Å². The van der Waals surface area contributed by atoms with E-state index >= 15 is 0 Å². The van der Waals surface area contributed by atoms with Crippen molar-refractivity contribution in [2.24, 2.45) is 0 Å². The molecule has 1 amide bonds. The second-order valence-electron chi connectivity index (χ2n) is 3.53. The van der Waals surface area contributed by atoms with Crippen LogP contribution in [0.2, 0.25) is 5.02 Å². The quantitative estimate of drug-likeness (QED) is 0.506. The molecule has 0 saturated carbocycles. The van der Waals surface area contributed by atoms with E-state index in [1.54, 1.807) is 0 Å². The SMILES string of the molecule is COC(=O)C(NC(C)=O)C(=O)c1ccc(Cl)cc1. The Hall–Kier alpha value is -1.88. The zero-order valence-electron chi connectivity index (χ0n) is 9.90. The normalized spacial score (nSPS) is 11.5. The van der Waals surface area contributed by atoms with Gasteiger partial charge in [0.1, 0.15) is 0 Å². The lowest BCUT2D eigenvalue weighted by Crippen LogP contribution is -2.46. The topological polar surface area (TPSA) is 72.5 Å². The van der Waals surface area contributed by atoms with Crippen LogP contribution in [0.1, 0.15) is 17.3 Å². The van der Waals surface area contributed by atoms with E-state index in [9.17, 15) is 14.4 Å². The number of ketones is 1. The number of benzene rings is 1. The van der Waals surface area contributed by atoms with E-state index < -0.39 is 23.7 Å². The van der Waals surface area contributed by atoms with Gasteiger partial charge in [0.05, 0.1) is 7.11 Å². The summed E-state index contributed by atoms with van der Waals surface area (Å²) < 4.78 is 4.48. The van der Waals surface area contributed by atoms with Crippen LogP contribution in [0.25, 0.3) is 0 Å². The first kappa shape index (κ1) is 14.2. The maximum Gasteiger partial charge on any atom is 0.336 e. The number of amides is 1. The maximum atomic E-state index is 12.0. The molecule has 1 rings (SSSR count). The molecule has 1 unspecified atom stereocenters. The molecule has 5 nitrogen and oxygen atoms in total. The number of nitrogens with one attached hydrogen (secondary N) is 1. The van der Waals surface area contributed by atoms with Crippen molar-refractivity contribution < 1.29 is 19.1 Å². The number of carbonyl (C=O) groups excluding carboxylic acids is 3. The summed E-state index contributed by atoms with van der Waals surface area (Å²) in [7, 11) is 1.15. The number of rotatable bonds is 4. The Labute approximate surface area is 109 Å². The average molecular weight is 270 g/mol. The largest absolute Gasteiger partial charge is 0.467 e. The molecule has 0 heterocycles. The van der Waals surface area contributed by atoms with Crippen molar-refractivity contribution in [3.63, 3.8) is 0 Å². The van der Waals surface area contributed by atoms with Crippen LogP contribution in [0.5, 0.6) is 0 Å². The van der Waals surface area contributed by atoms with Crippen molar-refractivity contribution in [3.8, 4) is 0 Å². The molecule has 0 bridgehead atoms. The van der Waals surface area contributed by atoms with Gasteiger partial charge >= 0.3 is 5.97 Å². The second-order valence-corrected chi connectivity index (χ2v) is 3.96. The molecule has 0 spiro atoms. The first-order valence-electron chi connectivity index (χ1n) is 5.10. The Kier molecular flexibility index (Phi) is 4.85. The van der Waals surface area contributed by atoms with Crippen molar-refractivity contribution >= 4 is 29.3 Å². The first-order chi connectivity index (χ1) is 8.45. The van der Waals surface area contributed by atoms with Gasteiger partial charge in [-0.1, -0.05) is 11.6 Å². The summed E-state index contributed by atoms with van der Waals surface area (Å²) in [5.74, 6) is -1.86. The number of esters is 1. The molecule has 0 aromatic heterocycles. The monoisotopic (exact) mass is 269 g/mol. The van der Waals surface area contributed by atoms with Gasteiger partial charge in [0.15, 0.2) is 11.8 Å². The summed E-state index contributed by atoms with van der Waals surface area (Å²) in [5.41, 5.74) is 0.267. The standard InChI is InChI=1S/C12H12ClNO4/c1-7(15)14-10(12(17)18-2)11(16)8-3-5-9(13)6-4-8/h3-6,10H,1-2H3,(H,14,15). The number of halogens is 1. The van der Waals surface area contributed by atoms with Crippen LogP contribution in [0.15, 0.2) is 24.3 Å². The molecule has 0 aliphatic heterocycles. The number of methoxy groups -OCH3 is 1. The maximum absolute atomic E-state index is 12.0. The van der Waals surface area contributed by atoms with E-state index in [1.807, 2.05) is 0 Å². The molecule has 1 N–H and O–H groups in total. The summed E-state index contributed by atoms with van der Waals surface area (Å²) in [6.07, 6.45) is 0. The van der Waals surface area contributed by atoms with Crippen molar-refractivity contribution in [2.75, 3.05) is 7.11 Å². The molecular formula is C12H12ClNO4. The van der Waals surface area contributed by atoms with Crippen molar-refractivity contribution in [3.05, 3.63) is 34.9 Å². The molecule has 1 aromatic rings. The van der Waals surface area contributed by atoms with Crippen LogP contribution in [0, 0.1) is 0 Å². The number of ether oxygens (including phenoxy) is 1. The van der Waals surface area contributed by atoms with Gasteiger partial charge in [0.2, 0.25) is 5.91 Å². The van der Waals surface area contributed by atoms with Gasteiger partial charge in [0, 0.05) is 17.5 Å². The number of hydrogen-bond donors (Lipinski definition) is 1. The number of hydrogen-bond acceptors (Lipinski definition) is 4. The third-order valence-corrected chi connectivity index (χ3v) is 2.43.